The minimum atomic E-state index is -0.932. The maximum Gasteiger partial charge on any atom is 0.352 e. The van der Waals surface area contributed by atoms with Gasteiger partial charge in [0.05, 0.1) is 0 Å². The molecule has 3 nitrogen and oxygen atoms in total. The van der Waals surface area contributed by atoms with E-state index in [4.69, 9.17) is 5.11 Å². The number of aromatic carboxylic acids is 1. The van der Waals surface area contributed by atoms with E-state index in [0.717, 1.165) is 15.6 Å². The highest BCUT2D eigenvalue weighted by Crippen LogP contribution is 2.19. The number of aromatic amines is 1. The van der Waals surface area contributed by atoms with Crippen molar-refractivity contribution >= 4 is 21.9 Å². The van der Waals surface area contributed by atoms with Gasteiger partial charge in [-0.25, -0.2) is 4.79 Å². The number of aromatic nitrogens is 1. The average molecular weight is 280 g/mol. The van der Waals surface area contributed by atoms with Gasteiger partial charge in [-0.05, 0) is 23.3 Å². The molecule has 2 N–H and O–H groups in total. The first kappa shape index (κ1) is 11.0. The van der Waals surface area contributed by atoms with E-state index < -0.39 is 5.97 Å². The molecule has 0 saturated heterocycles. The molecule has 82 valence electrons. The molecule has 0 aliphatic rings. The van der Waals surface area contributed by atoms with Crippen molar-refractivity contribution in [3.8, 4) is 0 Å². The first-order valence-corrected chi connectivity index (χ1v) is 5.60. The number of nitrogens with one attached hydrogen (secondary N) is 1. The predicted octanol–water partition coefficient (Wildman–Crippen LogP) is 3.07. The van der Waals surface area contributed by atoms with Gasteiger partial charge in [0.15, 0.2) is 0 Å². The highest BCUT2D eigenvalue weighted by Gasteiger charge is 2.07. The Morgan fingerprint density at radius 2 is 2.12 bits per heavy atom. The van der Waals surface area contributed by atoms with Crippen molar-refractivity contribution in [3.63, 3.8) is 0 Å². The molecule has 0 fully saturated rings. The monoisotopic (exact) mass is 279 g/mol. The van der Waals surface area contributed by atoms with Crippen LogP contribution in [0.5, 0.6) is 0 Å². The van der Waals surface area contributed by atoms with Crippen LogP contribution >= 0.6 is 15.9 Å². The molecular weight excluding hydrogens is 270 g/mol. The summed E-state index contributed by atoms with van der Waals surface area (Å²) in [6.45, 7) is 0. The molecule has 0 spiro atoms. The number of halogens is 1. The van der Waals surface area contributed by atoms with Crippen molar-refractivity contribution < 1.29 is 9.90 Å². The molecule has 0 aliphatic heterocycles. The Morgan fingerprint density at radius 1 is 1.38 bits per heavy atom. The van der Waals surface area contributed by atoms with E-state index in [2.05, 4.69) is 20.9 Å². The van der Waals surface area contributed by atoms with Crippen LogP contribution in [0.1, 0.15) is 21.6 Å². The summed E-state index contributed by atoms with van der Waals surface area (Å²) >= 11 is 3.46. The number of carboxylic acids is 1. The van der Waals surface area contributed by atoms with Gasteiger partial charge in [0.25, 0.3) is 0 Å². The third kappa shape index (κ3) is 2.33. The summed E-state index contributed by atoms with van der Waals surface area (Å²) < 4.78 is 1.04. The molecule has 16 heavy (non-hydrogen) atoms. The molecule has 0 amide bonds. The van der Waals surface area contributed by atoms with E-state index in [9.17, 15) is 4.79 Å². The Kier molecular flexibility index (Phi) is 3.10. The fourth-order valence-electron chi connectivity index (χ4n) is 1.53. The lowest BCUT2D eigenvalue weighted by Gasteiger charge is -2.01. The highest BCUT2D eigenvalue weighted by molar-refractivity contribution is 9.10. The van der Waals surface area contributed by atoms with Crippen LogP contribution in [0.4, 0.5) is 0 Å². The molecule has 1 aromatic heterocycles. The zero-order valence-electron chi connectivity index (χ0n) is 8.40. The Bertz CT molecular complexity index is 519. The van der Waals surface area contributed by atoms with E-state index in [0.29, 0.717) is 6.42 Å². The zero-order chi connectivity index (χ0) is 11.5. The van der Waals surface area contributed by atoms with Crippen LogP contribution in [0, 0.1) is 0 Å². The van der Waals surface area contributed by atoms with Crippen molar-refractivity contribution in [1.29, 1.82) is 0 Å². The average Bonchev–Trinajstić information content (AvgIpc) is 2.70. The Labute approximate surface area is 101 Å². The van der Waals surface area contributed by atoms with Crippen molar-refractivity contribution in [3.05, 3.63) is 57.8 Å². The summed E-state index contributed by atoms with van der Waals surface area (Å²) in [5.74, 6) is -0.932. The Hall–Kier alpha value is -1.55. The van der Waals surface area contributed by atoms with E-state index in [1.54, 1.807) is 12.3 Å². The maximum atomic E-state index is 10.7. The summed E-state index contributed by atoms with van der Waals surface area (Å²) in [6.07, 6.45) is 2.44. The minimum Gasteiger partial charge on any atom is -0.477 e. The van der Waals surface area contributed by atoms with Gasteiger partial charge in [0, 0.05) is 17.1 Å². The van der Waals surface area contributed by atoms with Crippen LogP contribution in [0.2, 0.25) is 0 Å². The fraction of sp³-hybridized carbons (Fsp3) is 0.0833. The summed E-state index contributed by atoms with van der Waals surface area (Å²) in [6, 6.07) is 9.55. The molecule has 0 bridgehead atoms. The Morgan fingerprint density at radius 3 is 2.75 bits per heavy atom. The summed E-state index contributed by atoms with van der Waals surface area (Å²) in [7, 11) is 0. The van der Waals surface area contributed by atoms with Gasteiger partial charge in [-0.3, -0.25) is 0 Å². The lowest BCUT2D eigenvalue weighted by atomic mass is 10.1. The fourth-order valence-corrected chi connectivity index (χ4v) is 1.95. The van der Waals surface area contributed by atoms with Gasteiger partial charge >= 0.3 is 5.97 Å². The summed E-state index contributed by atoms with van der Waals surface area (Å²) in [5, 5.41) is 8.78. The predicted molar refractivity (Wildman–Crippen MR) is 64.7 cm³/mol. The second-order valence-corrected chi connectivity index (χ2v) is 4.35. The van der Waals surface area contributed by atoms with Crippen LogP contribution < -0.4 is 0 Å². The van der Waals surface area contributed by atoms with Crippen molar-refractivity contribution in [2.45, 2.75) is 6.42 Å². The van der Waals surface area contributed by atoms with Crippen LogP contribution in [-0.4, -0.2) is 16.1 Å². The van der Waals surface area contributed by atoms with Crippen molar-refractivity contribution in [2.75, 3.05) is 0 Å². The number of H-pyrrole nitrogens is 1. The molecule has 2 rings (SSSR count). The quantitative estimate of drug-likeness (QED) is 0.907. The van der Waals surface area contributed by atoms with Crippen LogP contribution in [0.15, 0.2) is 41.0 Å². The molecular formula is C12H10BrNO2. The van der Waals surface area contributed by atoms with Crippen molar-refractivity contribution in [1.82, 2.24) is 4.98 Å². The highest BCUT2D eigenvalue weighted by atomic mass is 79.9. The minimum absolute atomic E-state index is 0.224. The first-order valence-electron chi connectivity index (χ1n) is 4.81. The van der Waals surface area contributed by atoms with E-state index in [1.807, 2.05) is 24.3 Å². The topological polar surface area (TPSA) is 53.1 Å². The summed E-state index contributed by atoms with van der Waals surface area (Å²) in [4.78, 5) is 13.4. The largest absolute Gasteiger partial charge is 0.477 e. The third-order valence-electron chi connectivity index (χ3n) is 2.33. The number of carbonyl (C=O) groups is 1. The molecule has 1 aromatic carbocycles. The smallest absolute Gasteiger partial charge is 0.352 e. The van der Waals surface area contributed by atoms with Crippen molar-refractivity contribution in [2.24, 2.45) is 0 Å². The molecule has 0 radical (unpaired) electrons. The zero-order valence-corrected chi connectivity index (χ0v) is 9.99. The standard InChI is InChI=1S/C12H10BrNO2/c13-10-4-2-1-3-9(10)5-8-6-11(12(15)16)14-7-8/h1-4,6-7,14H,5H2,(H,15,16). The molecule has 2 aromatic rings. The second-order valence-electron chi connectivity index (χ2n) is 3.49. The number of hydrogen-bond donors (Lipinski definition) is 2. The molecule has 0 aliphatic carbocycles. The van der Waals surface area contributed by atoms with Gasteiger partial charge in [-0.1, -0.05) is 34.1 Å². The van der Waals surface area contributed by atoms with Crippen LogP contribution in [0.25, 0.3) is 0 Å². The second kappa shape index (κ2) is 4.53. The third-order valence-corrected chi connectivity index (χ3v) is 3.10. The van der Waals surface area contributed by atoms with Gasteiger partial charge in [-0.15, -0.1) is 0 Å². The number of hydrogen-bond acceptors (Lipinski definition) is 1. The van der Waals surface area contributed by atoms with Crippen LogP contribution in [0.3, 0.4) is 0 Å². The van der Waals surface area contributed by atoms with Gasteiger partial charge in [-0.2, -0.15) is 0 Å². The van der Waals surface area contributed by atoms with E-state index in [1.165, 1.54) is 0 Å². The number of rotatable bonds is 3. The number of benzene rings is 1. The number of carboxylic acid groups (broad SMARTS) is 1. The normalized spacial score (nSPS) is 10.3. The molecule has 0 unspecified atom stereocenters. The van der Waals surface area contributed by atoms with Gasteiger partial charge in [0.1, 0.15) is 5.69 Å². The van der Waals surface area contributed by atoms with Gasteiger partial charge in [0.2, 0.25) is 0 Å². The van der Waals surface area contributed by atoms with E-state index >= 15 is 0 Å². The SMILES string of the molecule is O=C(O)c1cc(Cc2ccccc2Br)c[nH]1. The molecule has 4 heteroatoms. The molecule has 0 saturated carbocycles. The lowest BCUT2D eigenvalue weighted by Crippen LogP contribution is -1.94. The summed E-state index contributed by atoms with van der Waals surface area (Å²) in [5.41, 5.74) is 2.32. The Balaban J connectivity index is 2.21. The van der Waals surface area contributed by atoms with Crippen LogP contribution in [-0.2, 0) is 6.42 Å². The maximum absolute atomic E-state index is 10.7. The first-order chi connectivity index (χ1) is 7.66. The molecule has 1 heterocycles. The van der Waals surface area contributed by atoms with E-state index in [-0.39, 0.29) is 5.69 Å². The lowest BCUT2D eigenvalue weighted by molar-refractivity contribution is 0.0691. The molecule has 0 atom stereocenters. The van der Waals surface area contributed by atoms with Gasteiger partial charge < -0.3 is 10.1 Å².